The Kier molecular flexibility index (Phi) is 5.44. The Morgan fingerprint density at radius 2 is 1.70 bits per heavy atom. The van der Waals surface area contributed by atoms with Crippen LogP contribution in [0.25, 0.3) is 0 Å². The topological polar surface area (TPSA) is 66.4 Å². The number of rotatable bonds is 5. The number of hydrogen-bond acceptors (Lipinski definition) is 2. The average Bonchev–Trinajstić information content (AvgIpc) is 2.91. The van der Waals surface area contributed by atoms with Crippen LogP contribution in [-0.4, -0.2) is 23.0 Å². The first kappa shape index (κ1) is 15.3. The quantitative estimate of drug-likeness (QED) is 0.814. The summed E-state index contributed by atoms with van der Waals surface area (Å²) in [5.41, 5.74) is 0. The number of amides is 1. The van der Waals surface area contributed by atoms with Crippen LogP contribution in [0.15, 0.2) is 0 Å². The minimum absolute atomic E-state index is 0.0792. The highest BCUT2D eigenvalue weighted by atomic mass is 16.4. The van der Waals surface area contributed by atoms with Gasteiger partial charge in [0.15, 0.2) is 0 Å². The van der Waals surface area contributed by atoms with Gasteiger partial charge in [0.25, 0.3) is 0 Å². The number of carboxylic acid groups (broad SMARTS) is 1. The van der Waals surface area contributed by atoms with Crippen LogP contribution in [0, 0.1) is 17.8 Å². The maximum Gasteiger partial charge on any atom is 0.306 e. The van der Waals surface area contributed by atoms with E-state index in [1.54, 1.807) is 0 Å². The van der Waals surface area contributed by atoms with E-state index in [4.69, 9.17) is 5.11 Å². The molecule has 0 aromatic heterocycles. The van der Waals surface area contributed by atoms with Gasteiger partial charge in [0, 0.05) is 12.0 Å². The van der Waals surface area contributed by atoms with E-state index >= 15 is 0 Å². The predicted molar refractivity (Wildman–Crippen MR) is 77.3 cm³/mol. The maximum absolute atomic E-state index is 12.2. The highest BCUT2D eigenvalue weighted by molar-refractivity contribution is 5.81. The van der Waals surface area contributed by atoms with Crippen LogP contribution >= 0.6 is 0 Å². The SMILES string of the molecule is CCCC1CCC(NC(=O)C2CCC(C(=O)O)C2)CC1. The second-order valence-electron chi connectivity index (χ2n) is 6.56. The zero-order valence-electron chi connectivity index (χ0n) is 12.4. The van der Waals surface area contributed by atoms with Crippen molar-refractivity contribution in [2.24, 2.45) is 17.8 Å². The fourth-order valence-electron chi connectivity index (χ4n) is 3.77. The van der Waals surface area contributed by atoms with E-state index in [1.165, 1.54) is 25.7 Å². The van der Waals surface area contributed by atoms with E-state index < -0.39 is 5.97 Å². The zero-order chi connectivity index (χ0) is 14.5. The third-order valence-electron chi connectivity index (χ3n) is 5.04. The van der Waals surface area contributed by atoms with Crippen molar-refractivity contribution in [3.05, 3.63) is 0 Å². The summed E-state index contributed by atoms with van der Waals surface area (Å²) < 4.78 is 0. The molecule has 2 N–H and O–H groups in total. The van der Waals surface area contributed by atoms with E-state index in [9.17, 15) is 9.59 Å². The number of nitrogens with one attached hydrogen (secondary N) is 1. The van der Waals surface area contributed by atoms with Gasteiger partial charge in [0.05, 0.1) is 5.92 Å². The molecule has 0 bridgehead atoms. The smallest absolute Gasteiger partial charge is 0.306 e. The molecule has 0 heterocycles. The lowest BCUT2D eigenvalue weighted by atomic mass is 9.83. The van der Waals surface area contributed by atoms with Crippen LogP contribution in [0.3, 0.4) is 0 Å². The van der Waals surface area contributed by atoms with Gasteiger partial charge in [0.1, 0.15) is 0 Å². The first-order chi connectivity index (χ1) is 9.60. The minimum atomic E-state index is -0.750. The molecule has 1 amide bonds. The highest BCUT2D eigenvalue weighted by Crippen LogP contribution is 2.32. The van der Waals surface area contributed by atoms with Crippen molar-refractivity contribution in [3.63, 3.8) is 0 Å². The van der Waals surface area contributed by atoms with Gasteiger partial charge in [-0.3, -0.25) is 9.59 Å². The van der Waals surface area contributed by atoms with Crippen molar-refractivity contribution in [1.82, 2.24) is 5.32 Å². The van der Waals surface area contributed by atoms with Crippen LogP contribution in [-0.2, 0) is 9.59 Å². The molecule has 0 radical (unpaired) electrons. The molecule has 114 valence electrons. The zero-order valence-corrected chi connectivity index (χ0v) is 12.4. The summed E-state index contributed by atoms with van der Waals surface area (Å²) in [5.74, 6) is -0.209. The monoisotopic (exact) mass is 281 g/mol. The van der Waals surface area contributed by atoms with Crippen molar-refractivity contribution in [2.45, 2.75) is 70.8 Å². The molecule has 2 saturated carbocycles. The highest BCUT2D eigenvalue weighted by Gasteiger charge is 2.34. The minimum Gasteiger partial charge on any atom is -0.481 e. The Morgan fingerprint density at radius 1 is 1.05 bits per heavy atom. The largest absolute Gasteiger partial charge is 0.481 e. The Balaban J connectivity index is 1.72. The van der Waals surface area contributed by atoms with Gasteiger partial charge in [-0.15, -0.1) is 0 Å². The molecule has 0 aromatic carbocycles. The van der Waals surface area contributed by atoms with Gasteiger partial charge in [0.2, 0.25) is 5.91 Å². The molecule has 4 heteroatoms. The number of carbonyl (C=O) groups is 2. The fourth-order valence-corrected chi connectivity index (χ4v) is 3.77. The van der Waals surface area contributed by atoms with Gasteiger partial charge in [-0.25, -0.2) is 0 Å². The third kappa shape index (κ3) is 3.97. The summed E-state index contributed by atoms with van der Waals surface area (Å²) >= 11 is 0. The molecule has 0 spiro atoms. The van der Waals surface area contributed by atoms with E-state index in [2.05, 4.69) is 12.2 Å². The van der Waals surface area contributed by atoms with Crippen molar-refractivity contribution in [3.8, 4) is 0 Å². The fraction of sp³-hybridized carbons (Fsp3) is 0.875. The molecule has 0 saturated heterocycles. The molecule has 2 aliphatic rings. The summed E-state index contributed by atoms with van der Waals surface area (Å²) in [5, 5.41) is 12.1. The van der Waals surface area contributed by atoms with Crippen molar-refractivity contribution >= 4 is 11.9 Å². The van der Waals surface area contributed by atoms with Gasteiger partial charge in [-0.05, 0) is 50.9 Å². The van der Waals surface area contributed by atoms with Crippen molar-refractivity contribution < 1.29 is 14.7 Å². The normalized spacial score (nSPS) is 33.9. The van der Waals surface area contributed by atoms with Crippen LogP contribution in [0.1, 0.15) is 64.7 Å². The number of carboxylic acids is 1. The molecule has 20 heavy (non-hydrogen) atoms. The van der Waals surface area contributed by atoms with E-state index in [1.807, 2.05) is 0 Å². The van der Waals surface area contributed by atoms with Gasteiger partial charge in [-0.1, -0.05) is 19.8 Å². The average molecular weight is 281 g/mol. The van der Waals surface area contributed by atoms with Crippen molar-refractivity contribution in [2.75, 3.05) is 0 Å². The summed E-state index contributed by atoms with van der Waals surface area (Å²) in [6.07, 6.45) is 9.08. The Bertz CT molecular complexity index is 348. The van der Waals surface area contributed by atoms with Gasteiger partial charge in [-0.2, -0.15) is 0 Å². The summed E-state index contributed by atoms with van der Waals surface area (Å²) in [4.78, 5) is 23.1. The maximum atomic E-state index is 12.2. The molecule has 2 aliphatic carbocycles. The summed E-state index contributed by atoms with van der Waals surface area (Å²) in [6.45, 7) is 2.23. The summed E-state index contributed by atoms with van der Waals surface area (Å²) in [6, 6.07) is 0.319. The molecule has 2 unspecified atom stereocenters. The Labute approximate surface area is 121 Å². The van der Waals surface area contributed by atoms with E-state index in [0.717, 1.165) is 25.2 Å². The molecule has 2 rings (SSSR count). The van der Waals surface area contributed by atoms with Crippen LogP contribution in [0.4, 0.5) is 0 Å². The Hall–Kier alpha value is -1.06. The van der Waals surface area contributed by atoms with E-state index in [-0.39, 0.29) is 17.7 Å². The number of hydrogen-bond donors (Lipinski definition) is 2. The lowest BCUT2D eigenvalue weighted by molar-refractivity contribution is -0.141. The van der Waals surface area contributed by atoms with Gasteiger partial charge >= 0.3 is 5.97 Å². The number of aliphatic carboxylic acids is 1. The molecule has 2 atom stereocenters. The van der Waals surface area contributed by atoms with E-state index in [0.29, 0.717) is 18.9 Å². The lowest BCUT2D eigenvalue weighted by Crippen LogP contribution is -2.40. The molecule has 4 nitrogen and oxygen atoms in total. The van der Waals surface area contributed by atoms with Crippen LogP contribution < -0.4 is 5.32 Å². The lowest BCUT2D eigenvalue weighted by Gasteiger charge is -2.29. The first-order valence-corrected chi connectivity index (χ1v) is 8.13. The standard InChI is InChI=1S/C16H27NO3/c1-2-3-11-4-8-14(9-5-11)17-15(18)12-6-7-13(10-12)16(19)20/h11-14H,2-10H2,1H3,(H,17,18)(H,19,20). The second kappa shape index (κ2) is 7.09. The third-order valence-corrected chi connectivity index (χ3v) is 5.04. The molecule has 2 fully saturated rings. The molecule has 0 aromatic rings. The predicted octanol–water partition coefficient (Wildman–Crippen LogP) is 2.96. The second-order valence-corrected chi connectivity index (χ2v) is 6.56. The summed E-state index contributed by atoms with van der Waals surface area (Å²) in [7, 11) is 0. The Morgan fingerprint density at radius 3 is 2.25 bits per heavy atom. The first-order valence-electron chi connectivity index (χ1n) is 8.13. The molecular weight excluding hydrogens is 254 g/mol. The van der Waals surface area contributed by atoms with Crippen LogP contribution in [0.5, 0.6) is 0 Å². The van der Waals surface area contributed by atoms with Gasteiger partial charge < -0.3 is 10.4 Å². The van der Waals surface area contributed by atoms with Crippen LogP contribution in [0.2, 0.25) is 0 Å². The molecular formula is C16H27NO3. The van der Waals surface area contributed by atoms with Crippen molar-refractivity contribution in [1.29, 1.82) is 0 Å². The number of carbonyl (C=O) groups excluding carboxylic acids is 1. The molecule has 0 aliphatic heterocycles.